The highest BCUT2D eigenvalue weighted by molar-refractivity contribution is 5.71. The van der Waals surface area contributed by atoms with Crippen molar-refractivity contribution >= 4 is 17.9 Å². The van der Waals surface area contributed by atoms with E-state index in [1.165, 1.54) is 180 Å². The topological polar surface area (TPSA) is 78.9 Å². The van der Waals surface area contributed by atoms with Gasteiger partial charge in [0, 0.05) is 19.3 Å². The van der Waals surface area contributed by atoms with E-state index in [0.29, 0.717) is 19.3 Å². The molecule has 0 aliphatic rings. The molecule has 0 spiro atoms. The van der Waals surface area contributed by atoms with E-state index in [0.717, 1.165) is 122 Å². The SMILES string of the molecule is CC/C=C\C/C=C\C/C=C\C/C=C\CCCCCCC(=O)OC(COC(=O)CCCCCCC/C=C\C/C=C\CCCC)COC(=O)CCCCCCCCCCCCCCCCCCCCCCCCCCCCCC. The molecule has 0 amide bonds. The molecule has 0 saturated carbocycles. The van der Waals surface area contributed by atoms with E-state index in [-0.39, 0.29) is 31.1 Å². The van der Waals surface area contributed by atoms with E-state index >= 15 is 0 Å². The average molecular weight is 1080 g/mol. The summed E-state index contributed by atoms with van der Waals surface area (Å²) in [7, 11) is 0. The van der Waals surface area contributed by atoms with Crippen molar-refractivity contribution in [1.82, 2.24) is 0 Å². The van der Waals surface area contributed by atoms with E-state index < -0.39 is 6.10 Å². The number of rotatable bonds is 61. The van der Waals surface area contributed by atoms with Crippen LogP contribution in [-0.4, -0.2) is 37.2 Å². The van der Waals surface area contributed by atoms with Crippen LogP contribution in [0.1, 0.15) is 342 Å². The molecule has 1 atom stereocenters. The number of esters is 3. The molecule has 0 rings (SSSR count). The predicted octanol–water partition coefficient (Wildman–Crippen LogP) is 22.9. The van der Waals surface area contributed by atoms with Gasteiger partial charge in [0.05, 0.1) is 0 Å². The lowest BCUT2D eigenvalue weighted by Crippen LogP contribution is -2.30. The molecule has 0 aromatic heterocycles. The summed E-state index contributed by atoms with van der Waals surface area (Å²) < 4.78 is 16.9. The molecule has 0 N–H and O–H groups in total. The van der Waals surface area contributed by atoms with Gasteiger partial charge in [0.25, 0.3) is 0 Å². The highest BCUT2D eigenvalue weighted by atomic mass is 16.6. The van der Waals surface area contributed by atoms with E-state index in [2.05, 4.69) is 93.7 Å². The Hall–Kier alpha value is -3.15. The maximum Gasteiger partial charge on any atom is 0.306 e. The Kier molecular flexibility index (Phi) is 62.7. The van der Waals surface area contributed by atoms with Crippen LogP contribution in [0.5, 0.6) is 0 Å². The van der Waals surface area contributed by atoms with Crippen LogP contribution in [0.4, 0.5) is 0 Å². The molecule has 6 nitrogen and oxygen atoms in total. The lowest BCUT2D eigenvalue weighted by Gasteiger charge is -2.18. The van der Waals surface area contributed by atoms with Gasteiger partial charge >= 0.3 is 17.9 Å². The van der Waals surface area contributed by atoms with Crippen molar-refractivity contribution in [3.8, 4) is 0 Å². The third-order valence-electron chi connectivity index (χ3n) is 14.7. The average Bonchev–Trinajstić information content (AvgIpc) is 3.43. The van der Waals surface area contributed by atoms with Gasteiger partial charge in [-0.25, -0.2) is 0 Å². The molecule has 0 fully saturated rings. The molecule has 0 saturated heterocycles. The molecule has 6 heteroatoms. The molecule has 0 aliphatic carbocycles. The minimum absolute atomic E-state index is 0.0875. The molecule has 0 aliphatic heterocycles. The molecule has 0 aromatic rings. The summed E-state index contributed by atoms with van der Waals surface area (Å²) in [5.41, 5.74) is 0. The first kappa shape index (κ1) is 73.8. The molecular formula is C71H126O6. The smallest absolute Gasteiger partial charge is 0.306 e. The molecule has 446 valence electrons. The summed E-state index contributed by atoms with van der Waals surface area (Å²) in [5, 5.41) is 0. The third kappa shape index (κ3) is 63.6. The van der Waals surface area contributed by atoms with Crippen LogP contribution < -0.4 is 0 Å². The maximum absolute atomic E-state index is 12.9. The highest BCUT2D eigenvalue weighted by Crippen LogP contribution is 2.18. The predicted molar refractivity (Wildman–Crippen MR) is 335 cm³/mol. The van der Waals surface area contributed by atoms with Crippen LogP contribution in [0.3, 0.4) is 0 Å². The first-order valence-electron chi connectivity index (χ1n) is 33.4. The van der Waals surface area contributed by atoms with Crippen molar-refractivity contribution in [2.75, 3.05) is 13.2 Å². The summed E-state index contributed by atoms with van der Waals surface area (Å²) in [6, 6.07) is 0. The Morgan fingerprint density at radius 1 is 0.273 bits per heavy atom. The van der Waals surface area contributed by atoms with Crippen molar-refractivity contribution in [3.63, 3.8) is 0 Å². The van der Waals surface area contributed by atoms with Gasteiger partial charge in [0.2, 0.25) is 0 Å². The van der Waals surface area contributed by atoms with E-state index in [4.69, 9.17) is 14.2 Å². The minimum Gasteiger partial charge on any atom is -0.462 e. The van der Waals surface area contributed by atoms with Crippen LogP contribution in [0.25, 0.3) is 0 Å². The number of carbonyl (C=O) groups excluding carboxylic acids is 3. The fourth-order valence-corrected chi connectivity index (χ4v) is 9.69. The lowest BCUT2D eigenvalue weighted by molar-refractivity contribution is -0.167. The second-order valence-electron chi connectivity index (χ2n) is 22.4. The number of hydrogen-bond acceptors (Lipinski definition) is 6. The summed E-state index contributed by atoms with van der Waals surface area (Å²) in [6.07, 6.45) is 85.0. The molecule has 0 aromatic carbocycles. The summed E-state index contributed by atoms with van der Waals surface area (Å²) >= 11 is 0. The van der Waals surface area contributed by atoms with Gasteiger partial charge in [-0.15, -0.1) is 0 Å². The second kappa shape index (κ2) is 65.4. The summed E-state index contributed by atoms with van der Waals surface area (Å²) in [4.78, 5) is 38.3. The van der Waals surface area contributed by atoms with Crippen LogP contribution in [-0.2, 0) is 28.6 Å². The summed E-state index contributed by atoms with van der Waals surface area (Å²) in [5.74, 6) is -0.910. The molecular weight excluding hydrogens is 949 g/mol. The fraction of sp³-hybridized carbons (Fsp3) is 0.789. The normalized spacial score (nSPS) is 12.5. The highest BCUT2D eigenvalue weighted by Gasteiger charge is 2.19. The standard InChI is InChI=1S/C71H126O6/c1-4-7-10-13-16-19-22-25-28-30-31-32-33-34-35-36-37-38-39-40-42-43-46-49-52-55-58-61-64-70(73)76-67-68(66-75-69(72)63-60-57-54-51-48-45-27-24-21-18-15-12-9-6-3)77-71(74)65-62-59-56-53-50-47-44-41-29-26-23-20-17-14-11-8-5-2/h8,11,15,17-18,20,24,26-27,29,44,47,68H,4-7,9-10,12-14,16,19,21-23,25,28,30-43,45-46,48-67H2,1-3H3/b11-8-,18-15-,20-17-,27-24-,29-26-,47-44-. The van der Waals surface area contributed by atoms with Crippen molar-refractivity contribution in [2.45, 2.75) is 348 Å². The van der Waals surface area contributed by atoms with Crippen molar-refractivity contribution in [1.29, 1.82) is 0 Å². The van der Waals surface area contributed by atoms with Crippen molar-refractivity contribution in [2.24, 2.45) is 0 Å². The first-order chi connectivity index (χ1) is 38.0. The quantitative estimate of drug-likeness (QED) is 0.0261. The summed E-state index contributed by atoms with van der Waals surface area (Å²) in [6.45, 7) is 6.50. The number of carbonyl (C=O) groups is 3. The zero-order chi connectivity index (χ0) is 55.7. The molecule has 1 unspecified atom stereocenters. The Labute approximate surface area is 478 Å². The van der Waals surface area contributed by atoms with Gasteiger partial charge in [-0.3, -0.25) is 14.4 Å². The third-order valence-corrected chi connectivity index (χ3v) is 14.7. The van der Waals surface area contributed by atoms with Crippen LogP contribution in [0.2, 0.25) is 0 Å². The molecule has 77 heavy (non-hydrogen) atoms. The van der Waals surface area contributed by atoms with Gasteiger partial charge < -0.3 is 14.2 Å². The van der Waals surface area contributed by atoms with Crippen LogP contribution >= 0.6 is 0 Å². The molecule has 0 radical (unpaired) electrons. The zero-order valence-electron chi connectivity index (χ0n) is 51.2. The van der Waals surface area contributed by atoms with Crippen molar-refractivity contribution in [3.05, 3.63) is 72.9 Å². The second-order valence-corrected chi connectivity index (χ2v) is 22.4. The lowest BCUT2D eigenvalue weighted by atomic mass is 10.0. The largest absolute Gasteiger partial charge is 0.462 e. The monoisotopic (exact) mass is 1070 g/mol. The van der Waals surface area contributed by atoms with Crippen molar-refractivity contribution < 1.29 is 28.6 Å². The number of unbranched alkanes of at least 4 members (excludes halogenated alkanes) is 38. The number of allylic oxidation sites excluding steroid dienone is 12. The number of hydrogen-bond donors (Lipinski definition) is 0. The Morgan fingerprint density at radius 3 is 0.831 bits per heavy atom. The molecule has 0 bridgehead atoms. The number of ether oxygens (including phenoxy) is 3. The fourth-order valence-electron chi connectivity index (χ4n) is 9.69. The van der Waals surface area contributed by atoms with Gasteiger partial charge in [-0.05, 0) is 83.5 Å². The Balaban J connectivity index is 4.25. The Morgan fingerprint density at radius 2 is 0.519 bits per heavy atom. The van der Waals surface area contributed by atoms with Gasteiger partial charge in [-0.1, -0.05) is 312 Å². The van der Waals surface area contributed by atoms with Crippen LogP contribution in [0, 0.1) is 0 Å². The van der Waals surface area contributed by atoms with E-state index in [1.807, 2.05) is 0 Å². The Bertz CT molecular complexity index is 1420. The zero-order valence-corrected chi connectivity index (χ0v) is 51.2. The van der Waals surface area contributed by atoms with E-state index in [1.54, 1.807) is 0 Å². The minimum atomic E-state index is -0.794. The first-order valence-corrected chi connectivity index (χ1v) is 33.4. The van der Waals surface area contributed by atoms with E-state index in [9.17, 15) is 14.4 Å². The van der Waals surface area contributed by atoms with Gasteiger partial charge in [0.1, 0.15) is 13.2 Å². The van der Waals surface area contributed by atoms with Gasteiger partial charge in [0.15, 0.2) is 6.10 Å². The maximum atomic E-state index is 12.9. The van der Waals surface area contributed by atoms with Crippen LogP contribution in [0.15, 0.2) is 72.9 Å². The molecule has 0 heterocycles. The van der Waals surface area contributed by atoms with Gasteiger partial charge in [-0.2, -0.15) is 0 Å².